The normalized spacial score (nSPS) is 10.9. The summed E-state index contributed by atoms with van der Waals surface area (Å²) < 4.78 is 15.3. The molecule has 0 amide bonds. The predicted molar refractivity (Wildman–Crippen MR) is 85.3 cm³/mol. The highest BCUT2D eigenvalue weighted by atomic mass is 19.1. The maximum absolute atomic E-state index is 13.1. The van der Waals surface area contributed by atoms with E-state index in [1.807, 2.05) is 0 Å². The van der Waals surface area contributed by atoms with Gasteiger partial charge in [0.2, 0.25) is 5.88 Å². The molecule has 3 aromatic rings. The van der Waals surface area contributed by atoms with E-state index in [-0.39, 0.29) is 17.9 Å². The molecule has 0 radical (unpaired) electrons. The van der Waals surface area contributed by atoms with Crippen molar-refractivity contribution in [3.05, 3.63) is 64.5 Å². The molecule has 2 aromatic heterocycles. The first-order chi connectivity index (χ1) is 12.0. The summed E-state index contributed by atoms with van der Waals surface area (Å²) in [5.41, 5.74) is 0.402. The van der Waals surface area contributed by atoms with Crippen molar-refractivity contribution in [2.75, 3.05) is 0 Å². The van der Waals surface area contributed by atoms with E-state index < -0.39 is 29.8 Å². The molecule has 0 saturated heterocycles. The van der Waals surface area contributed by atoms with Crippen LogP contribution in [0, 0.1) is 5.82 Å². The van der Waals surface area contributed by atoms with Gasteiger partial charge in [-0.25, -0.2) is 18.7 Å². The predicted octanol–water partition coefficient (Wildman–Crippen LogP) is 1.08. The number of carbonyl (C=O) groups is 1. The monoisotopic (exact) mass is 346 g/mol. The van der Waals surface area contributed by atoms with Crippen LogP contribution in [0.4, 0.5) is 4.39 Å². The molecule has 0 fully saturated rings. The highest BCUT2D eigenvalue weighted by Crippen LogP contribution is 2.21. The fourth-order valence-corrected chi connectivity index (χ4v) is 2.60. The quantitative estimate of drug-likeness (QED) is 0.618. The third-order valence-electron chi connectivity index (χ3n) is 3.78. The van der Waals surface area contributed by atoms with Crippen molar-refractivity contribution in [1.82, 2.24) is 19.1 Å². The second-order valence-electron chi connectivity index (χ2n) is 5.41. The fraction of sp³-hybridized carbons (Fsp3) is 0.188. The van der Waals surface area contributed by atoms with E-state index >= 15 is 0 Å². The lowest BCUT2D eigenvalue weighted by atomic mass is 10.2. The lowest BCUT2D eigenvalue weighted by molar-refractivity contribution is -0.136. The number of aliphatic carboxylic acids is 1. The van der Waals surface area contributed by atoms with Gasteiger partial charge in [0.1, 0.15) is 5.82 Å². The number of aromatic nitrogens is 4. The second-order valence-corrected chi connectivity index (χ2v) is 5.41. The van der Waals surface area contributed by atoms with Crippen LogP contribution in [0.15, 0.2) is 41.6 Å². The van der Waals surface area contributed by atoms with Crippen molar-refractivity contribution in [1.29, 1.82) is 0 Å². The number of hydrogen-bond acceptors (Lipinski definition) is 4. The van der Waals surface area contributed by atoms with Crippen LogP contribution in [0.5, 0.6) is 5.88 Å². The Balaban J connectivity index is 2.05. The third-order valence-corrected chi connectivity index (χ3v) is 3.78. The number of imidazole rings is 2. The number of H-pyrrole nitrogens is 1. The van der Waals surface area contributed by atoms with E-state index in [1.54, 1.807) is 6.20 Å². The molecule has 0 aliphatic rings. The second kappa shape index (κ2) is 6.63. The molecular formula is C16H15FN4O4. The number of aromatic hydroxyl groups is 1. The Bertz CT molecular complexity index is 942. The Morgan fingerprint density at radius 2 is 2.00 bits per heavy atom. The molecule has 0 unspecified atom stereocenters. The summed E-state index contributed by atoms with van der Waals surface area (Å²) in [6.07, 6.45) is 2.98. The minimum absolute atomic E-state index is 0.0126. The van der Waals surface area contributed by atoms with Gasteiger partial charge in [0, 0.05) is 24.9 Å². The first kappa shape index (κ1) is 16.5. The van der Waals surface area contributed by atoms with Crippen molar-refractivity contribution < 1.29 is 19.4 Å². The Labute approximate surface area is 140 Å². The van der Waals surface area contributed by atoms with E-state index in [2.05, 4.69) is 9.97 Å². The highest BCUT2D eigenvalue weighted by Gasteiger charge is 2.22. The summed E-state index contributed by atoms with van der Waals surface area (Å²) >= 11 is 0. The SMILES string of the molecule is O=C(O)Cc1c(O)n(-c2ccc(F)cc2)c(=O)n1CCc1cnc[nH]1. The van der Waals surface area contributed by atoms with Crippen molar-refractivity contribution in [2.24, 2.45) is 0 Å². The zero-order valence-corrected chi connectivity index (χ0v) is 13.0. The van der Waals surface area contributed by atoms with Crippen LogP contribution >= 0.6 is 0 Å². The molecule has 130 valence electrons. The number of aromatic amines is 1. The highest BCUT2D eigenvalue weighted by molar-refractivity contribution is 5.70. The minimum Gasteiger partial charge on any atom is -0.493 e. The molecule has 0 saturated carbocycles. The average Bonchev–Trinajstić information content (AvgIpc) is 3.15. The van der Waals surface area contributed by atoms with Gasteiger partial charge >= 0.3 is 11.7 Å². The topological polar surface area (TPSA) is 113 Å². The Morgan fingerprint density at radius 1 is 1.28 bits per heavy atom. The zero-order chi connectivity index (χ0) is 18.0. The van der Waals surface area contributed by atoms with E-state index in [0.29, 0.717) is 6.42 Å². The van der Waals surface area contributed by atoms with E-state index in [1.165, 1.54) is 23.0 Å². The summed E-state index contributed by atoms with van der Waals surface area (Å²) in [7, 11) is 0. The maximum Gasteiger partial charge on any atom is 0.335 e. The number of benzene rings is 1. The van der Waals surface area contributed by atoms with Gasteiger partial charge in [-0.2, -0.15) is 0 Å². The third kappa shape index (κ3) is 3.30. The molecule has 0 bridgehead atoms. The molecule has 3 N–H and O–H groups in total. The van der Waals surface area contributed by atoms with Gasteiger partial charge in [-0.3, -0.25) is 9.36 Å². The number of carboxylic acid groups (broad SMARTS) is 1. The van der Waals surface area contributed by atoms with E-state index in [4.69, 9.17) is 5.11 Å². The maximum atomic E-state index is 13.1. The summed E-state index contributed by atoms with van der Waals surface area (Å²) in [5.74, 6) is -2.13. The van der Waals surface area contributed by atoms with E-state index in [9.17, 15) is 19.1 Å². The molecule has 3 rings (SSSR count). The number of nitrogens with zero attached hydrogens (tertiary/aromatic N) is 3. The zero-order valence-electron chi connectivity index (χ0n) is 13.0. The average molecular weight is 346 g/mol. The Morgan fingerprint density at radius 3 is 2.60 bits per heavy atom. The minimum atomic E-state index is -1.18. The molecule has 1 aromatic carbocycles. The van der Waals surface area contributed by atoms with Crippen molar-refractivity contribution in [3.63, 3.8) is 0 Å². The van der Waals surface area contributed by atoms with Crippen molar-refractivity contribution in [3.8, 4) is 11.6 Å². The smallest absolute Gasteiger partial charge is 0.335 e. The van der Waals surface area contributed by atoms with Gasteiger partial charge in [0.25, 0.3) is 0 Å². The summed E-state index contributed by atoms with van der Waals surface area (Å²) in [5, 5.41) is 19.5. The van der Waals surface area contributed by atoms with E-state index in [0.717, 1.165) is 22.4 Å². The van der Waals surface area contributed by atoms with Gasteiger partial charge in [0.05, 0.1) is 24.1 Å². The number of carboxylic acids is 1. The molecule has 0 spiro atoms. The van der Waals surface area contributed by atoms with Gasteiger partial charge in [-0.05, 0) is 24.3 Å². The van der Waals surface area contributed by atoms with Crippen LogP contribution in [0.1, 0.15) is 11.4 Å². The summed E-state index contributed by atoms with van der Waals surface area (Å²) in [4.78, 5) is 30.6. The number of halogens is 1. The molecular weight excluding hydrogens is 331 g/mol. The summed E-state index contributed by atoms with van der Waals surface area (Å²) in [6.45, 7) is 0.158. The lowest BCUT2D eigenvalue weighted by Crippen LogP contribution is -2.25. The van der Waals surface area contributed by atoms with Crippen LogP contribution in [-0.2, 0) is 24.2 Å². The standard InChI is InChI=1S/C16H15FN4O4/c17-10-1-3-12(4-2-10)21-15(24)13(7-14(22)23)20(16(21)25)6-5-11-8-18-9-19-11/h1-4,8-9,24H,5-7H2,(H,18,19)(H,22,23). The van der Waals surface area contributed by atoms with Gasteiger partial charge in [-0.15, -0.1) is 0 Å². The Kier molecular flexibility index (Phi) is 4.38. The number of aryl methyl sites for hydroxylation is 1. The fourth-order valence-electron chi connectivity index (χ4n) is 2.60. The summed E-state index contributed by atoms with van der Waals surface area (Å²) in [6, 6.07) is 4.97. The lowest BCUT2D eigenvalue weighted by Gasteiger charge is -2.04. The van der Waals surface area contributed by atoms with Crippen LogP contribution in [0.25, 0.3) is 5.69 Å². The van der Waals surface area contributed by atoms with Crippen LogP contribution in [0.3, 0.4) is 0 Å². The first-order valence-electron chi connectivity index (χ1n) is 7.45. The Hall–Kier alpha value is -3.36. The molecule has 9 heteroatoms. The number of hydrogen-bond donors (Lipinski definition) is 3. The molecule has 25 heavy (non-hydrogen) atoms. The van der Waals surface area contributed by atoms with Gasteiger partial charge < -0.3 is 15.2 Å². The van der Waals surface area contributed by atoms with Gasteiger partial charge in [0.15, 0.2) is 0 Å². The first-order valence-corrected chi connectivity index (χ1v) is 7.45. The molecule has 0 aliphatic heterocycles. The molecule has 0 aliphatic carbocycles. The van der Waals surface area contributed by atoms with Crippen molar-refractivity contribution >= 4 is 5.97 Å². The molecule has 8 nitrogen and oxygen atoms in total. The van der Waals surface area contributed by atoms with Gasteiger partial charge in [-0.1, -0.05) is 0 Å². The molecule has 0 atom stereocenters. The molecule has 2 heterocycles. The van der Waals surface area contributed by atoms with Crippen LogP contribution in [0.2, 0.25) is 0 Å². The van der Waals surface area contributed by atoms with Crippen LogP contribution in [-0.4, -0.2) is 35.3 Å². The number of nitrogens with one attached hydrogen (secondary N) is 1. The van der Waals surface area contributed by atoms with Crippen LogP contribution < -0.4 is 5.69 Å². The number of rotatable bonds is 6. The van der Waals surface area contributed by atoms with Crippen molar-refractivity contribution in [2.45, 2.75) is 19.4 Å². The largest absolute Gasteiger partial charge is 0.493 e.